The summed E-state index contributed by atoms with van der Waals surface area (Å²) in [6.07, 6.45) is 1.27. The number of piperazine rings is 1. The summed E-state index contributed by atoms with van der Waals surface area (Å²) >= 11 is 0. The highest BCUT2D eigenvalue weighted by Gasteiger charge is 2.41. The Morgan fingerprint density at radius 1 is 1.21 bits per heavy atom. The average molecular weight is 335 g/mol. The Morgan fingerprint density at radius 2 is 1.88 bits per heavy atom. The number of carbonyl (C=O) groups excluding carboxylic acids is 1. The maximum absolute atomic E-state index is 13.3. The van der Waals surface area contributed by atoms with Gasteiger partial charge in [-0.3, -0.25) is 9.69 Å². The molecule has 3 rings (SSSR count). The van der Waals surface area contributed by atoms with E-state index in [1.807, 2.05) is 0 Å². The maximum Gasteiger partial charge on any atom is 0.230 e. The van der Waals surface area contributed by atoms with Gasteiger partial charge in [-0.1, -0.05) is 12.1 Å². The molecule has 132 valence electrons. The van der Waals surface area contributed by atoms with Crippen LogP contribution < -0.4 is 10.6 Å². The largest absolute Gasteiger partial charge is 0.381 e. The van der Waals surface area contributed by atoms with Crippen LogP contribution in [0, 0.1) is 5.82 Å². The molecule has 1 aromatic carbocycles. The molecule has 6 heteroatoms. The van der Waals surface area contributed by atoms with E-state index in [1.165, 1.54) is 12.1 Å². The Balaban J connectivity index is 1.64. The SMILES string of the molecule is O=C(NCCN1CCNCC1)C1(c2ccc(F)cc2)CCOCC1. The highest BCUT2D eigenvalue weighted by molar-refractivity contribution is 5.88. The molecule has 0 atom stereocenters. The van der Waals surface area contributed by atoms with E-state index in [1.54, 1.807) is 12.1 Å². The lowest BCUT2D eigenvalue weighted by atomic mass is 9.73. The molecule has 2 N–H and O–H groups in total. The van der Waals surface area contributed by atoms with Gasteiger partial charge in [0.05, 0.1) is 5.41 Å². The van der Waals surface area contributed by atoms with Gasteiger partial charge in [-0.05, 0) is 30.5 Å². The van der Waals surface area contributed by atoms with Crippen LogP contribution in [0.3, 0.4) is 0 Å². The van der Waals surface area contributed by atoms with E-state index < -0.39 is 5.41 Å². The van der Waals surface area contributed by atoms with E-state index in [0.717, 1.165) is 38.3 Å². The first-order valence-corrected chi connectivity index (χ1v) is 8.76. The third-order valence-corrected chi connectivity index (χ3v) is 5.10. The Kier molecular flexibility index (Phi) is 5.81. The first kappa shape index (κ1) is 17.3. The molecule has 2 aliphatic rings. The van der Waals surface area contributed by atoms with E-state index in [0.29, 0.717) is 32.6 Å². The van der Waals surface area contributed by atoms with Gasteiger partial charge in [-0.15, -0.1) is 0 Å². The van der Waals surface area contributed by atoms with Crippen LogP contribution >= 0.6 is 0 Å². The highest BCUT2D eigenvalue weighted by atomic mass is 19.1. The monoisotopic (exact) mass is 335 g/mol. The lowest BCUT2D eigenvalue weighted by Crippen LogP contribution is -2.51. The maximum atomic E-state index is 13.3. The summed E-state index contributed by atoms with van der Waals surface area (Å²) in [5.74, 6) is -0.243. The van der Waals surface area contributed by atoms with Gasteiger partial charge in [0.15, 0.2) is 0 Å². The van der Waals surface area contributed by atoms with Crippen LogP contribution in [0.1, 0.15) is 18.4 Å². The second-order valence-corrected chi connectivity index (χ2v) is 6.55. The van der Waals surface area contributed by atoms with Gasteiger partial charge in [0.1, 0.15) is 5.82 Å². The molecule has 0 bridgehead atoms. The lowest BCUT2D eigenvalue weighted by Gasteiger charge is -2.36. The summed E-state index contributed by atoms with van der Waals surface area (Å²) in [5, 5.41) is 6.43. The van der Waals surface area contributed by atoms with Crippen LogP contribution in [0.5, 0.6) is 0 Å². The van der Waals surface area contributed by atoms with Crippen molar-refractivity contribution < 1.29 is 13.9 Å². The number of rotatable bonds is 5. The van der Waals surface area contributed by atoms with Gasteiger partial charge in [0, 0.05) is 52.5 Å². The van der Waals surface area contributed by atoms with Crippen LogP contribution in [-0.2, 0) is 14.9 Å². The van der Waals surface area contributed by atoms with Crippen molar-refractivity contribution in [2.45, 2.75) is 18.3 Å². The number of hydrogen-bond acceptors (Lipinski definition) is 4. The molecule has 0 aromatic heterocycles. The summed E-state index contributed by atoms with van der Waals surface area (Å²) in [6, 6.07) is 6.33. The van der Waals surface area contributed by atoms with E-state index in [-0.39, 0.29) is 11.7 Å². The minimum Gasteiger partial charge on any atom is -0.381 e. The number of ether oxygens (including phenoxy) is 1. The van der Waals surface area contributed by atoms with Crippen molar-refractivity contribution in [1.82, 2.24) is 15.5 Å². The first-order valence-electron chi connectivity index (χ1n) is 8.76. The Bertz CT molecular complexity index is 538. The van der Waals surface area contributed by atoms with Crippen molar-refractivity contribution in [3.63, 3.8) is 0 Å². The van der Waals surface area contributed by atoms with Gasteiger partial charge in [0.25, 0.3) is 0 Å². The topological polar surface area (TPSA) is 53.6 Å². The zero-order valence-electron chi connectivity index (χ0n) is 14.0. The molecule has 0 aliphatic carbocycles. The second kappa shape index (κ2) is 8.05. The summed E-state index contributed by atoms with van der Waals surface area (Å²) in [4.78, 5) is 15.3. The lowest BCUT2D eigenvalue weighted by molar-refractivity contribution is -0.130. The number of amides is 1. The third-order valence-electron chi connectivity index (χ3n) is 5.10. The van der Waals surface area contributed by atoms with Crippen molar-refractivity contribution in [2.24, 2.45) is 0 Å². The predicted octanol–water partition coefficient (Wildman–Crippen LogP) is 0.895. The molecule has 0 saturated carbocycles. The Morgan fingerprint density at radius 3 is 2.54 bits per heavy atom. The fraction of sp³-hybridized carbons (Fsp3) is 0.611. The van der Waals surface area contributed by atoms with Crippen LogP contribution in [0.2, 0.25) is 0 Å². The number of benzene rings is 1. The molecule has 0 unspecified atom stereocenters. The van der Waals surface area contributed by atoms with Crippen molar-refractivity contribution >= 4 is 5.91 Å². The minimum atomic E-state index is -0.602. The molecule has 2 aliphatic heterocycles. The first-order chi connectivity index (χ1) is 11.7. The molecule has 24 heavy (non-hydrogen) atoms. The van der Waals surface area contributed by atoms with Crippen molar-refractivity contribution in [3.05, 3.63) is 35.6 Å². The zero-order valence-corrected chi connectivity index (χ0v) is 14.0. The molecular formula is C18H26FN3O2. The van der Waals surface area contributed by atoms with Crippen LogP contribution in [0.25, 0.3) is 0 Å². The summed E-state index contributed by atoms with van der Waals surface area (Å²) in [6.45, 7) is 6.67. The minimum absolute atomic E-state index is 0.0348. The van der Waals surface area contributed by atoms with Gasteiger partial charge in [-0.25, -0.2) is 4.39 Å². The van der Waals surface area contributed by atoms with Crippen molar-refractivity contribution in [1.29, 1.82) is 0 Å². The van der Waals surface area contributed by atoms with E-state index in [2.05, 4.69) is 15.5 Å². The fourth-order valence-electron chi connectivity index (χ4n) is 3.57. The molecule has 5 nitrogen and oxygen atoms in total. The number of nitrogens with zero attached hydrogens (tertiary/aromatic N) is 1. The summed E-state index contributed by atoms with van der Waals surface area (Å²) in [7, 11) is 0. The van der Waals surface area contributed by atoms with Crippen molar-refractivity contribution in [3.8, 4) is 0 Å². The molecule has 2 fully saturated rings. The molecule has 0 spiro atoms. The van der Waals surface area contributed by atoms with Gasteiger partial charge < -0.3 is 15.4 Å². The molecular weight excluding hydrogens is 309 g/mol. The Labute approximate surface area is 142 Å². The number of nitrogens with one attached hydrogen (secondary N) is 2. The van der Waals surface area contributed by atoms with Crippen LogP contribution in [0.15, 0.2) is 24.3 Å². The number of carbonyl (C=O) groups is 1. The smallest absolute Gasteiger partial charge is 0.230 e. The fourth-order valence-corrected chi connectivity index (χ4v) is 3.57. The van der Waals surface area contributed by atoms with E-state index >= 15 is 0 Å². The molecule has 2 heterocycles. The van der Waals surface area contributed by atoms with Gasteiger partial charge in [0.2, 0.25) is 5.91 Å². The number of hydrogen-bond donors (Lipinski definition) is 2. The second-order valence-electron chi connectivity index (χ2n) is 6.55. The standard InChI is InChI=1S/C18H26FN3O2/c19-16-3-1-15(2-4-16)18(5-13-24-14-6-18)17(23)21-9-12-22-10-7-20-8-11-22/h1-4,20H,5-14H2,(H,21,23). The predicted molar refractivity (Wildman–Crippen MR) is 90.5 cm³/mol. The van der Waals surface area contributed by atoms with E-state index in [4.69, 9.17) is 4.74 Å². The van der Waals surface area contributed by atoms with Gasteiger partial charge in [-0.2, -0.15) is 0 Å². The van der Waals surface area contributed by atoms with Crippen molar-refractivity contribution in [2.75, 3.05) is 52.5 Å². The Hall–Kier alpha value is -1.50. The number of halogens is 1. The molecule has 1 aromatic rings. The zero-order chi connectivity index (χ0) is 16.8. The molecule has 2 saturated heterocycles. The summed E-state index contributed by atoms with van der Waals surface area (Å²) < 4.78 is 18.7. The highest BCUT2D eigenvalue weighted by Crippen LogP contribution is 2.35. The van der Waals surface area contributed by atoms with E-state index in [9.17, 15) is 9.18 Å². The average Bonchev–Trinajstić information content (AvgIpc) is 2.63. The summed E-state index contributed by atoms with van der Waals surface area (Å²) in [5.41, 5.74) is 0.280. The van der Waals surface area contributed by atoms with Crippen LogP contribution in [0.4, 0.5) is 4.39 Å². The third kappa shape index (κ3) is 3.94. The van der Waals surface area contributed by atoms with Crippen LogP contribution in [-0.4, -0.2) is 63.3 Å². The molecule has 0 radical (unpaired) electrons. The van der Waals surface area contributed by atoms with Gasteiger partial charge >= 0.3 is 0 Å². The normalized spacial score (nSPS) is 21.4. The molecule has 1 amide bonds. The quantitative estimate of drug-likeness (QED) is 0.839.